The van der Waals surface area contributed by atoms with Crippen molar-refractivity contribution in [2.75, 3.05) is 20.6 Å². The van der Waals surface area contributed by atoms with E-state index in [4.69, 9.17) is 27.6 Å². The Balaban J connectivity index is 1.82. The topological polar surface area (TPSA) is 62.6 Å². The van der Waals surface area contributed by atoms with Crippen LogP contribution in [0.3, 0.4) is 0 Å². The number of hydrogen-bond acceptors (Lipinski definition) is 4. The van der Waals surface area contributed by atoms with Crippen molar-refractivity contribution < 1.29 is 9.21 Å². The highest BCUT2D eigenvalue weighted by Crippen LogP contribution is 2.25. The van der Waals surface area contributed by atoms with Gasteiger partial charge in [0.05, 0.1) is 11.4 Å². The molecule has 0 aliphatic rings. The van der Waals surface area contributed by atoms with E-state index < -0.39 is 5.91 Å². The number of hydrogen-bond donors (Lipinski definition) is 1. The summed E-state index contributed by atoms with van der Waals surface area (Å²) in [7, 11) is 3.81. The van der Waals surface area contributed by atoms with Crippen LogP contribution in [0, 0.1) is 0 Å². The zero-order valence-corrected chi connectivity index (χ0v) is 16.3. The van der Waals surface area contributed by atoms with Gasteiger partial charge in [-0.1, -0.05) is 41.4 Å². The van der Waals surface area contributed by atoms with Crippen molar-refractivity contribution in [1.82, 2.24) is 10.2 Å². The van der Waals surface area contributed by atoms with Crippen LogP contribution in [-0.4, -0.2) is 31.4 Å². The fourth-order valence-electron chi connectivity index (χ4n) is 2.83. The van der Waals surface area contributed by atoms with Crippen LogP contribution in [0.2, 0.25) is 10.0 Å². The van der Waals surface area contributed by atoms with Crippen LogP contribution in [0.15, 0.2) is 57.7 Å². The molecule has 0 spiro atoms. The van der Waals surface area contributed by atoms with Gasteiger partial charge in [-0.05, 0) is 43.9 Å². The molecule has 0 saturated carbocycles. The van der Waals surface area contributed by atoms with E-state index in [-0.39, 0.29) is 17.2 Å². The Morgan fingerprint density at radius 1 is 1.15 bits per heavy atom. The lowest BCUT2D eigenvalue weighted by atomic mass is 10.1. The minimum Gasteiger partial charge on any atom is -0.451 e. The van der Waals surface area contributed by atoms with Crippen LogP contribution in [0.4, 0.5) is 0 Å². The Hall–Kier alpha value is -2.34. The lowest BCUT2D eigenvalue weighted by molar-refractivity contribution is 0.0914. The molecule has 0 radical (unpaired) electrons. The molecule has 2 aromatic carbocycles. The molecule has 140 valence electrons. The molecule has 0 unspecified atom stereocenters. The molecule has 0 bridgehead atoms. The first-order chi connectivity index (χ1) is 12.9. The van der Waals surface area contributed by atoms with Gasteiger partial charge in [0.1, 0.15) is 5.58 Å². The van der Waals surface area contributed by atoms with Crippen LogP contribution >= 0.6 is 23.2 Å². The molecule has 27 heavy (non-hydrogen) atoms. The molecule has 0 fully saturated rings. The quantitative estimate of drug-likeness (QED) is 0.694. The molecule has 1 amide bonds. The number of carbonyl (C=O) groups excluding carboxylic acids is 1. The van der Waals surface area contributed by atoms with Crippen molar-refractivity contribution >= 4 is 40.1 Å². The van der Waals surface area contributed by atoms with E-state index in [1.54, 1.807) is 12.1 Å². The van der Waals surface area contributed by atoms with Gasteiger partial charge in [0.15, 0.2) is 11.2 Å². The zero-order chi connectivity index (χ0) is 19.6. The van der Waals surface area contributed by atoms with Crippen molar-refractivity contribution in [2.24, 2.45) is 0 Å². The summed E-state index contributed by atoms with van der Waals surface area (Å²) in [5.41, 5.74) is 0.894. The molecule has 7 heteroatoms. The Morgan fingerprint density at radius 2 is 1.89 bits per heavy atom. The van der Waals surface area contributed by atoms with Crippen molar-refractivity contribution in [3.63, 3.8) is 0 Å². The molecule has 3 rings (SSSR count). The lowest BCUT2D eigenvalue weighted by Crippen LogP contribution is -2.35. The number of amides is 1. The maximum atomic E-state index is 12.5. The van der Waals surface area contributed by atoms with Gasteiger partial charge in [-0.25, -0.2) is 0 Å². The zero-order valence-electron chi connectivity index (χ0n) is 14.8. The summed E-state index contributed by atoms with van der Waals surface area (Å²) < 4.78 is 5.57. The SMILES string of the molecule is CN(C)[C@H](CNC(=O)c1cc(=O)c2cc(Cl)ccc2o1)c1ccccc1Cl. The number of nitrogens with zero attached hydrogens (tertiary/aromatic N) is 1. The molecule has 1 N–H and O–H groups in total. The summed E-state index contributed by atoms with van der Waals surface area (Å²) in [6.07, 6.45) is 0. The van der Waals surface area contributed by atoms with E-state index in [0.29, 0.717) is 27.6 Å². The van der Waals surface area contributed by atoms with E-state index >= 15 is 0 Å². The highest BCUT2D eigenvalue weighted by Gasteiger charge is 2.19. The second-order valence-corrected chi connectivity index (χ2v) is 7.17. The largest absolute Gasteiger partial charge is 0.451 e. The maximum absolute atomic E-state index is 12.5. The fraction of sp³-hybridized carbons (Fsp3) is 0.200. The monoisotopic (exact) mass is 404 g/mol. The first-order valence-corrected chi connectivity index (χ1v) is 9.05. The predicted molar refractivity (Wildman–Crippen MR) is 108 cm³/mol. The van der Waals surface area contributed by atoms with Gasteiger partial charge in [0.2, 0.25) is 0 Å². The fourth-order valence-corrected chi connectivity index (χ4v) is 3.27. The normalized spacial score (nSPS) is 12.3. The number of fused-ring (bicyclic) bond motifs is 1. The smallest absolute Gasteiger partial charge is 0.287 e. The summed E-state index contributed by atoms with van der Waals surface area (Å²) in [5, 5.41) is 4.20. The molecule has 0 aliphatic carbocycles. The van der Waals surface area contributed by atoms with Crippen molar-refractivity contribution in [3.05, 3.63) is 80.1 Å². The van der Waals surface area contributed by atoms with Crippen LogP contribution in [0.1, 0.15) is 22.2 Å². The summed E-state index contributed by atoms with van der Waals surface area (Å²) in [6.45, 7) is 0.304. The number of rotatable bonds is 5. The molecule has 5 nitrogen and oxygen atoms in total. The van der Waals surface area contributed by atoms with Crippen LogP contribution < -0.4 is 10.7 Å². The second kappa shape index (κ2) is 8.13. The molecule has 0 saturated heterocycles. The van der Waals surface area contributed by atoms with Gasteiger partial charge in [-0.3, -0.25) is 9.59 Å². The average Bonchev–Trinajstić information content (AvgIpc) is 2.63. The van der Waals surface area contributed by atoms with E-state index in [0.717, 1.165) is 5.56 Å². The van der Waals surface area contributed by atoms with E-state index in [2.05, 4.69) is 5.32 Å². The van der Waals surface area contributed by atoms with Gasteiger partial charge in [0, 0.05) is 22.7 Å². The lowest BCUT2D eigenvalue weighted by Gasteiger charge is -2.25. The van der Waals surface area contributed by atoms with Gasteiger partial charge < -0.3 is 14.6 Å². The number of nitrogens with one attached hydrogen (secondary N) is 1. The summed E-state index contributed by atoms with van der Waals surface area (Å²) >= 11 is 12.2. The predicted octanol–water partition coefficient (Wildman–Crippen LogP) is 4.13. The van der Waals surface area contributed by atoms with Crippen molar-refractivity contribution in [3.8, 4) is 0 Å². The second-order valence-electron chi connectivity index (χ2n) is 6.33. The first kappa shape index (κ1) is 19.4. The number of benzene rings is 2. The van der Waals surface area contributed by atoms with Crippen LogP contribution in [-0.2, 0) is 0 Å². The molecule has 1 atom stereocenters. The standard InChI is InChI=1S/C20H18Cl2N2O3/c1-24(2)16(13-5-3-4-6-15(13)22)11-23-20(26)19-10-17(25)14-9-12(21)7-8-18(14)27-19/h3-10,16H,11H2,1-2H3,(H,23,26)/t16-/m1/s1. The van der Waals surface area contributed by atoms with Crippen LogP contribution in [0.5, 0.6) is 0 Å². The van der Waals surface area contributed by atoms with E-state index in [1.807, 2.05) is 43.3 Å². The van der Waals surface area contributed by atoms with Gasteiger partial charge >= 0.3 is 0 Å². The molecule has 1 aromatic heterocycles. The van der Waals surface area contributed by atoms with Gasteiger partial charge in [0.25, 0.3) is 5.91 Å². The summed E-state index contributed by atoms with van der Waals surface area (Å²) in [4.78, 5) is 26.7. The summed E-state index contributed by atoms with van der Waals surface area (Å²) in [6, 6.07) is 13.2. The highest BCUT2D eigenvalue weighted by molar-refractivity contribution is 6.31. The molecular weight excluding hydrogens is 387 g/mol. The molecular formula is C20H18Cl2N2O3. The van der Waals surface area contributed by atoms with Crippen LogP contribution in [0.25, 0.3) is 11.0 Å². The maximum Gasteiger partial charge on any atom is 0.287 e. The molecule has 3 aromatic rings. The van der Waals surface area contributed by atoms with Gasteiger partial charge in [-0.15, -0.1) is 0 Å². The minimum atomic E-state index is -0.470. The Morgan fingerprint density at radius 3 is 2.59 bits per heavy atom. The van der Waals surface area contributed by atoms with E-state index in [1.165, 1.54) is 12.1 Å². The Kier molecular flexibility index (Phi) is 5.85. The van der Waals surface area contributed by atoms with Crippen molar-refractivity contribution in [2.45, 2.75) is 6.04 Å². The third-order valence-electron chi connectivity index (χ3n) is 4.26. The van der Waals surface area contributed by atoms with Gasteiger partial charge in [-0.2, -0.15) is 0 Å². The minimum absolute atomic E-state index is 0.0495. The Labute approximate surface area is 166 Å². The number of likely N-dealkylation sites (N-methyl/N-ethyl adjacent to an activating group) is 1. The third-order valence-corrected chi connectivity index (χ3v) is 4.84. The third kappa shape index (κ3) is 4.33. The number of halogens is 2. The summed E-state index contributed by atoms with van der Waals surface area (Å²) in [5.74, 6) is -0.519. The first-order valence-electron chi connectivity index (χ1n) is 8.29. The Bertz CT molecular complexity index is 1050. The average molecular weight is 405 g/mol. The molecule has 1 heterocycles. The number of carbonyl (C=O) groups is 1. The molecule has 0 aliphatic heterocycles. The highest BCUT2D eigenvalue weighted by atomic mass is 35.5. The van der Waals surface area contributed by atoms with E-state index in [9.17, 15) is 9.59 Å². The van der Waals surface area contributed by atoms with Crippen molar-refractivity contribution in [1.29, 1.82) is 0 Å².